The van der Waals surface area contributed by atoms with E-state index in [4.69, 9.17) is 16.3 Å². The summed E-state index contributed by atoms with van der Waals surface area (Å²) in [6, 6.07) is 15.1. The zero-order valence-corrected chi connectivity index (χ0v) is 16.8. The summed E-state index contributed by atoms with van der Waals surface area (Å²) in [6.45, 7) is 2.23. The molecule has 2 aromatic heterocycles. The molecule has 0 atom stereocenters. The normalized spacial score (nSPS) is 11.0. The van der Waals surface area contributed by atoms with Crippen LogP contribution in [0.2, 0.25) is 5.02 Å². The number of hydrogen-bond donors (Lipinski definition) is 2. The van der Waals surface area contributed by atoms with E-state index in [9.17, 15) is 4.79 Å². The number of aromatic nitrogens is 4. The Morgan fingerprint density at radius 1 is 1.14 bits per heavy atom. The van der Waals surface area contributed by atoms with Crippen molar-refractivity contribution in [1.82, 2.24) is 19.6 Å². The molecule has 0 saturated carbocycles. The molecular weight excluding hydrogens is 390 g/mol. The molecule has 0 saturated heterocycles. The van der Waals surface area contributed by atoms with Gasteiger partial charge < -0.3 is 10.1 Å². The molecule has 2 heterocycles. The van der Waals surface area contributed by atoms with Crippen molar-refractivity contribution in [3.63, 3.8) is 0 Å². The summed E-state index contributed by atoms with van der Waals surface area (Å²) < 4.78 is 6.72. The average molecular weight is 410 g/mol. The van der Waals surface area contributed by atoms with Crippen LogP contribution in [0, 0.1) is 6.92 Å². The minimum Gasteiger partial charge on any atom is -0.495 e. The predicted molar refractivity (Wildman–Crippen MR) is 113 cm³/mol. The van der Waals surface area contributed by atoms with Crippen LogP contribution in [0.4, 0.5) is 5.69 Å². The first-order valence-corrected chi connectivity index (χ1v) is 9.51. The fourth-order valence-corrected chi connectivity index (χ4v) is 3.28. The molecule has 2 N–H and O–H groups in total. The molecule has 148 valence electrons. The molecule has 0 aliphatic rings. The Kier molecular flexibility index (Phi) is 5.22. The maximum Gasteiger partial charge on any atom is 0.277 e. The van der Waals surface area contributed by atoms with Gasteiger partial charge in [-0.05, 0) is 36.8 Å². The van der Waals surface area contributed by atoms with E-state index in [-0.39, 0.29) is 5.56 Å². The van der Waals surface area contributed by atoms with Gasteiger partial charge in [-0.3, -0.25) is 9.89 Å². The SMILES string of the molecule is COc1ccccc1NCc1nc2nc(C)c(Cc3ccc(Cl)cc3)c(=O)n2[nH]1. The monoisotopic (exact) mass is 409 g/mol. The molecule has 7 nitrogen and oxygen atoms in total. The van der Waals surface area contributed by atoms with Crippen LogP contribution in [0.3, 0.4) is 0 Å². The van der Waals surface area contributed by atoms with Crippen molar-refractivity contribution in [3.8, 4) is 5.75 Å². The Hall–Kier alpha value is -3.32. The number of para-hydroxylation sites is 2. The van der Waals surface area contributed by atoms with Crippen LogP contribution in [0.1, 0.15) is 22.6 Å². The quantitative estimate of drug-likeness (QED) is 0.508. The van der Waals surface area contributed by atoms with Gasteiger partial charge in [0, 0.05) is 17.0 Å². The Morgan fingerprint density at radius 2 is 1.90 bits per heavy atom. The van der Waals surface area contributed by atoms with Gasteiger partial charge in [-0.1, -0.05) is 35.9 Å². The van der Waals surface area contributed by atoms with E-state index in [1.54, 1.807) is 7.11 Å². The van der Waals surface area contributed by atoms with Gasteiger partial charge in [0.15, 0.2) is 0 Å². The molecule has 0 bridgehead atoms. The molecule has 0 radical (unpaired) electrons. The van der Waals surface area contributed by atoms with Gasteiger partial charge in [0.05, 0.1) is 25.0 Å². The number of nitrogens with zero attached hydrogens (tertiary/aromatic N) is 3. The van der Waals surface area contributed by atoms with Crippen LogP contribution in [0.15, 0.2) is 53.3 Å². The number of fused-ring (bicyclic) bond motifs is 1. The second kappa shape index (κ2) is 7.97. The minimum atomic E-state index is -0.154. The van der Waals surface area contributed by atoms with E-state index >= 15 is 0 Å². The smallest absolute Gasteiger partial charge is 0.277 e. The number of rotatable bonds is 6. The highest BCUT2D eigenvalue weighted by Gasteiger charge is 2.14. The molecule has 0 unspecified atom stereocenters. The van der Waals surface area contributed by atoms with E-state index in [0.29, 0.717) is 40.8 Å². The number of halogens is 1. The molecule has 0 amide bonds. The number of aryl methyl sites for hydroxylation is 1. The van der Waals surface area contributed by atoms with Gasteiger partial charge in [-0.25, -0.2) is 4.98 Å². The number of H-pyrrole nitrogens is 1. The van der Waals surface area contributed by atoms with Gasteiger partial charge in [0.2, 0.25) is 0 Å². The number of ether oxygens (including phenoxy) is 1. The molecule has 0 aliphatic carbocycles. The Morgan fingerprint density at radius 3 is 2.66 bits per heavy atom. The van der Waals surface area contributed by atoms with Crippen molar-refractivity contribution >= 4 is 23.1 Å². The number of benzene rings is 2. The summed E-state index contributed by atoms with van der Waals surface area (Å²) in [7, 11) is 1.62. The van der Waals surface area contributed by atoms with Crippen LogP contribution >= 0.6 is 11.6 Å². The third kappa shape index (κ3) is 3.95. The molecule has 4 aromatic rings. The fraction of sp³-hybridized carbons (Fsp3) is 0.190. The van der Waals surface area contributed by atoms with E-state index in [2.05, 4.69) is 20.4 Å². The van der Waals surface area contributed by atoms with Gasteiger partial charge in [-0.2, -0.15) is 9.50 Å². The second-order valence-electron chi connectivity index (χ2n) is 6.64. The third-order valence-corrected chi connectivity index (χ3v) is 4.94. The summed E-state index contributed by atoms with van der Waals surface area (Å²) in [5.74, 6) is 1.69. The maximum absolute atomic E-state index is 13.0. The Bertz CT molecular complexity index is 1210. The molecule has 0 aliphatic heterocycles. The molecule has 4 rings (SSSR count). The highest BCUT2D eigenvalue weighted by molar-refractivity contribution is 6.30. The second-order valence-corrected chi connectivity index (χ2v) is 7.08. The lowest BCUT2D eigenvalue weighted by Gasteiger charge is -2.09. The fourth-order valence-electron chi connectivity index (χ4n) is 3.16. The third-order valence-electron chi connectivity index (χ3n) is 4.69. The first kappa shape index (κ1) is 19.0. The zero-order chi connectivity index (χ0) is 20.4. The highest BCUT2D eigenvalue weighted by Crippen LogP contribution is 2.23. The lowest BCUT2D eigenvalue weighted by atomic mass is 10.1. The summed E-state index contributed by atoms with van der Waals surface area (Å²) in [5, 5.41) is 6.96. The number of aromatic amines is 1. The predicted octanol–water partition coefficient (Wildman–Crippen LogP) is 3.59. The number of methoxy groups -OCH3 is 1. The summed E-state index contributed by atoms with van der Waals surface area (Å²) >= 11 is 5.95. The molecule has 8 heteroatoms. The van der Waals surface area contributed by atoms with Gasteiger partial charge in [0.25, 0.3) is 11.3 Å². The molecule has 29 heavy (non-hydrogen) atoms. The van der Waals surface area contributed by atoms with E-state index in [0.717, 1.165) is 17.0 Å². The van der Waals surface area contributed by atoms with Gasteiger partial charge >= 0.3 is 0 Å². The van der Waals surface area contributed by atoms with Crippen molar-refractivity contribution in [3.05, 3.63) is 86.6 Å². The number of anilines is 1. The summed E-state index contributed by atoms with van der Waals surface area (Å²) in [4.78, 5) is 21.9. The van der Waals surface area contributed by atoms with Crippen molar-refractivity contribution < 1.29 is 4.74 Å². The van der Waals surface area contributed by atoms with Crippen LogP contribution < -0.4 is 15.6 Å². The Balaban J connectivity index is 1.61. The molecule has 0 fully saturated rings. The van der Waals surface area contributed by atoms with Crippen molar-refractivity contribution in [2.75, 3.05) is 12.4 Å². The number of hydrogen-bond acceptors (Lipinski definition) is 5. The van der Waals surface area contributed by atoms with Crippen LogP contribution in [-0.4, -0.2) is 26.7 Å². The van der Waals surface area contributed by atoms with Crippen LogP contribution in [0.5, 0.6) is 5.75 Å². The molecular formula is C21H20ClN5O2. The topological polar surface area (TPSA) is 84.3 Å². The largest absolute Gasteiger partial charge is 0.495 e. The van der Waals surface area contributed by atoms with Gasteiger partial charge in [0.1, 0.15) is 11.6 Å². The minimum absolute atomic E-state index is 0.154. The standard InChI is InChI=1S/C21H20ClN5O2/c1-13-16(11-14-7-9-15(22)10-8-14)20(28)27-21(24-13)25-19(26-27)12-23-17-5-3-4-6-18(17)29-2/h3-10,23H,11-12H2,1-2H3,(H,24,25,26). The van der Waals surface area contributed by atoms with E-state index < -0.39 is 0 Å². The van der Waals surface area contributed by atoms with Crippen molar-refractivity contribution in [2.45, 2.75) is 19.9 Å². The molecule has 2 aromatic carbocycles. The average Bonchev–Trinajstić information content (AvgIpc) is 3.14. The maximum atomic E-state index is 13.0. The zero-order valence-electron chi connectivity index (χ0n) is 16.1. The lowest BCUT2D eigenvalue weighted by molar-refractivity contribution is 0.416. The number of nitrogens with one attached hydrogen (secondary N) is 2. The van der Waals surface area contributed by atoms with Crippen molar-refractivity contribution in [1.29, 1.82) is 0 Å². The van der Waals surface area contributed by atoms with E-state index in [1.165, 1.54) is 4.52 Å². The summed E-state index contributed by atoms with van der Waals surface area (Å²) in [6.07, 6.45) is 0.478. The molecule has 0 spiro atoms. The van der Waals surface area contributed by atoms with Crippen LogP contribution in [0.25, 0.3) is 5.78 Å². The Labute approximate surface area is 172 Å². The highest BCUT2D eigenvalue weighted by atomic mass is 35.5. The first-order valence-electron chi connectivity index (χ1n) is 9.13. The van der Waals surface area contributed by atoms with E-state index in [1.807, 2.05) is 55.5 Å². The van der Waals surface area contributed by atoms with Crippen LogP contribution in [-0.2, 0) is 13.0 Å². The lowest BCUT2D eigenvalue weighted by Crippen LogP contribution is -2.22. The summed E-state index contributed by atoms with van der Waals surface area (Å²) in [5.41, 5.74) is 2.97. The first-order chi connectivity index (χ1) is 14.0. The van der Waals surface area contributed by atoms with Crippen molar-refractivity contribution in [2.24, 2.45) is 0 Å². The van der Waals surface area contributed by atoms with Gasteiger partial charge in [-0.15, -0.1) is 0 Å².